The van der Waals surface area contributed by atoms with Crippen molar-refractivity contribution < 1.29 is 14.5 Å². The zero-order valence-corrected chi connectivity index (χ0v) is 9.02. The van der Waals surface area contributed by atoms with Gasteiger partial charge in [0.2, 0.25) is 0 Å². The average molecular weight is 224 g/mol. The predicted octanol–water partition coefficient (Wildman–Crippen LogP) is 1.20. The first-order valence-electron chi connectivity index (χ1n) is 4.56. The van der Waals surface area contributed by atoms with E-state index in [1.807, 2.05) is 0 Å². The fraction of sp³-hybridized carbons (Fsp3) is 0.300. The second-order valence-electron chi connectivity index (χ2n) is 3.30. The molecule has 86 valence electrons. The van der Waals surface area contributed by atoms with Gasteiger partial charge in [0.15, 0.2) is 0 Å². The van der Waals surface area contributed by atoms with Gasteiger partial charge in [0, 0.05) is 6.07 Å². The summed E-state index contributed by atoms with van der Waals surface area (Å²) in [5.41, 5.74) is 6.65. The molecule has 0 saturated carbocycles. The van der Waals surface area contributed by atoms with Crippen LogP contribution in [0.15, 0.2) is 12.1 Å². The third kappa shape index (κ3) is 2.28. The maximum atomic E-state index is 11.1. The molecular weight excluding hydrogens is 212 g/mol. The van der Waals surface area contributed by atoms with Crippen molar-refractivity contribution in [1.29, 1.82) is 0 Å². The average Bonchev–Trinajstić information content (AvgIpc) is 2.23. The number of methoxy groups -OCH3 is 1. The normalized spacial score (nSPS) is 9.88. The van der Waals surface area contributed by atoms with E-state index in [2.05, 4.69) is 4.74 Å². The number of nitro groups is 1. The van der Waals surface area contributed by atoms with Crippen molar-refractivity contribution in [1.82, 2.24) is 0 Å². The molecule has 6 nitrogen and oxygen atoms in total. The number of nitro benzene ring substituents is 1. The van der Waals surface area contributed by atoms with Crippen LogP contribution in [0.4, 0.5) is 11.4 Å². The van der Waals surface area contributed by atoms with Crippen LogP contribution in [0.25, 0.3) is 0 Å². The summed E-state index contributed by atoms with van der Waals surface area (Å²) in [5.74, 6) is -0.477. The highest BCUT2D eigenvalue weighted by Crippen LogP contribution is 2.28. The number of hydrogen-bond acceptors (Lipinski definition) is 5. The number of nitrogens with two attached hydrogens (primary N) is 1. The highest BCUT2D eigenvalue weighted by molar-refractivity contribution is 5.78. The van der Waals surface area contributed by atoms with Crippen molar-refractivity contribution in [3.05, 3.63) is 33.4 Å². The number of aryl methyl sites for hydroxylation is 1. The second-order valence-corrected chi connectivity index (χ2v) is 3.30. The van der Waals surface area contributed by atoms with Crippen LogP contribution in [0.2, 0.25) is 0 Å². The Balaban J connectivity index is 3.21. The molecule has 0 saturated heterocycles. The van der Waals surface area contributed by atoms with E-state index in [1.165, 1.54) is 13.2 Å². The van der Waals surface area contributed by atoms with E-state index < -0.39 is 10.9 Å². The number of hydrogen-bond donors (Lipinski definition) is 1. The molecule has 1 aromatic carbocycles. The maximum absolute atomic E-state index is 11.1. The first-order chi connectivity index (χ1) is 7.47. The minimum atomic E-state index is -0.574. The number of ether oxygens (including phenoxy) is 1. The van der Waals surface area contributed by atoms with Crippen LogP contribution in [0.5, 0.6) is 0 Å². The van der Waals surface area contributed by atoms with Crippen molar-refractivity contribution in [2.45, 2.75) is 13.3 Å². The van der Waals surface area contributed by atoms with Gasteiger partial charge in [0.1, 0.15) is 5.69 Å². The lowest BCUT2D eigenvalue weighted by Gasteiger charge is -2.08. The molecule has 0 bridgehead atoms. The van der Waals surface area contributed by atoms with E-state index in [0.29, 0.717) is 5.56 Å². The predicted molar refractivity (Wildman–Crippen MR) is 58.0 cm³/mol. The summed E-state index contributed by atoms with van der Waals surface area (Å²) in [6.45, 7) is 1.73. The zero-order valence-electron chi connectivity index (χ0n) is 9.02. The van der Waals surface area contributed by atoms with Crippen molar-refractivity contribution in [2.75, 3.05) is 12.8 Å². The monoisotopic (exact) mass is 224 g/mol. The lowest BCUT2D eigenvalue weighted by Crippen LogP contribution is -2.09. The molecule has 0 amide bonds. The summed E-state index contributed by atoms with van der Waals surface area (Å²) in [4.78, 5) is 21.2. The summed E-state index contributed by atoms with van der Waals surface area (Å²) in [5, 5.41) is 10.6. The van der Waals surface area contributed by atoms with Gasteiger partial charge in [0.05, 0.1) is 18.5 Å². The second kappa shape index (κ2) is 4.61. The van der Waals surface area contributed by atoms with Crippen LogP contribution in [0.3, 0.4) is 0 Å². The third-order valence-corrected chi connectivity index (χ3v) is 2.31. The number of rotatable bonds is 3. The number of nitrogens with zero attached hydrogens (tertiary/aromatic N) is 1. The van der Waals surface area contributed by atoms with Gasteiger partial charge < -0.3 is 10.5 Å². The van der Waals surface area contributed by atoms with Gasteiger partial charge in [-0.15, -0.1) is 0 Å². The standard InChI is InChI=1S/C10H12N2O4/c1-6-3-4-8(12(14)15)10(11)7(6)5-9(13)16-2/h3-4H,5,11H2,1-2H3. The fourth-order valence-electron chi connectivity index (χ4n) is 1.37. The molecule has 1 rings (SSSR count). The molecule has 6 heteroatoms. The van der Waals surface area contributed by atoms with Crippen LogP contribution in [-0.2, 0) is 16.0 Å². The Labute approximate surface area is 92.2 Å². The smallest absolute Gasteiger partial charge is 0.310 e. The Kier molecular flexibility index (Phi) is 3.44. The van der Waals surface area contributed by atoms with Gasteiger partial charge in [-0.2, -0.15) is 0 Å². The summed E-state index contributed by atoms with van der Waals surface area (Å²) in [6.07, 6.45) is -0.0597. The number of carbonyl (C=O) groups excluding carboxylic acids is 1. The molecular formula is C10H12N2O4. The van der Waals surface area contributed by atoms with Crippen molar-refractivity contribution in [2.24, 2.45) is 0 Å². The summed E-state index contributed by atoms with van der Waals surface area (Å²) in [6, 6.07) is 2.89. The van der Waals surface area contributed by atoms with Gasteiger partial charge in [0.25, 0.3) is 5.69 Å². The van der Waals surface area contributed by atoms with Crippen LogP contribution in [0, 0.1) is 17.0 Å². The quantitative estimate of drug-likeness (QED) is 0.360. The number of carbonyl (C=O) groups is 1. The Morgan fingerprint density at radius 1 is 1.56 bits per heavy atom. The molecule has 1 aromatic rings. The highest BCUT2D eigenvalue weighted by Gasteiger charge is 2.18. The molecule has 0 unspecified atom stereocenters. The largest absolute Gasteiger partial charge is 0.469 e. The highest BCUT2D eigenvalue weighted by atomic mass is 16.6. The molecule has 0 radical (unpaired) electrons. The molecule has 0 aliphatic carbocycles. The molecule has 16 heavy (non-hydrogen) atoms. The first-order valence-corrected chi connectivity index (χ1v) is 4.56. The van der Waals surface area contributed by atoms with Gasteiger partial charge in [-0.3, -0.25) is 14.9 Å². The molecule has 0 atom stereocenters. The Bertz CT molecular complexity index is 443. The summed E-state index contributed by atoms with van der Waals surface area (Å²) in [7, 11) is 1.26. The number of esters is 1. The summed E-state index contributed by atoms with van der Waals surface area (Å²) < 4.78 is 4.50. The fourth-order valence-corrected chi connectivity index (χ4v) is 1.37. The third-order valence-electron chi connectivity index (χ3n) is 2.31. The van der Waals surface area contributed by atoms with Crippen molar-refractivity contribution in [3.63, 3.8) is 0 Å². The molecule has 0 fully saturated rings. The molecule has 0 aliphatic heterocycles. The first kappa shape index (κ1) is 12.0. The van der Waals surface area contributed by atoms with Crippen LogP contribution < -0.4 is 5.73 Å². The van der Waals surface area contributed by atoms with Gasteiger partial charge >= 0.3 is 5.97 Å². The van der Waals surface area contributed by atoms with E-state index >= 15 is 0 Å². The van der Waals surface area contributed by atoms with Gasteiger partial charge in [-0.1, -0.05) is 6.07 Å². The zero-order chi connectivity index (χ0) is 12.3. The molecule has 0 heterocycles. The van der Waals surface area contributed by atoms with Crippen LogP contribution in [-0.4, -0.2) is 18.0 Å². The number of benzene rings is 1. The van der Waals surface area contributed by atoms with E-state index in [0.717, 1.165) is 5.56 Å². The molecule has 0 aromatic heterocycles. The molecule has 2 N–H and O–H groups in total. The Morgan fingerprint density at radius 3 is 2.69 bits per heavy atom. The summed E-state index contributed by atoms with van der Waals surface area (Å²) >= 11 is 0. The van der Waals surface area contributed by atoms with E-state index in [1.54, 1.807) is 13.0 Å². The number of nitrogen functional groups attached to an aromatic ring is 1. The maximum Gasteiger partial charge on any atom is 0.310 e. The van der Waals surface area contributed by atoms with E-state index in [-0.39, 0.29) is 17.8 Å². The lowest BCUT2D eigenvalue weighted by molar-refractivity contribution is -0.383. The molecule has 0 aliphatic rings. The molecule has 0 spiro atoms. The Hall–Kier alpha value is -2.11. The van der Waals surface area contributed by atoms with Gasteiger partial charge in [-0.05, 0) is 18.1 Å². The number of anilines is 1. The van der Waals surface area contributed by atoms with Crippen LogP contribution in [0.1, 0.15) is 11.1 Å². The van der Waals surface area contributed by atoms with Crippen molar-refractivity contribution in [3.8, 4) is 0 Å². The lowest BCUT2D eigenvalue weighted by atomic mass is 10.0. The minimum absolute atomic E-state index is 0.0235. The SMILES string of the molecule is COC(=O)Cc1c(C)ccc([N+](=O)[O-])c1N. The van der Waals surface area contributed by atoms with E-state index in [4.69, 9.17) is 5.73 Å². The van der Waals surface area contributed by atoms with Crippen molar-refractivity contribution >= 4 is 17.3 Å². The van der Waals surface area contributed by atoms with E-state index in [9.17, 15) is 14.9 Å². The topological polar surface area (TPSA) is 95.5 Å². The van der Waals surface area contributed by atoms with Crippen LogP contribution >= 0.6 is 0 Å². The Morgan fingerprint density at radius 2 is 2.19 bits per heavy atom. The minimum Gasteiger partial charge on any atom is -0.469 e. The van der Waals surface area contributed by atoms with Gasteiger partial charge in [-0.25, -0.2) is 0 Å².